The summed E-state index contributed by atoms with van der Waals surface area (Å²) in [4.78, 5) is 32.2. The lowest BCUT2D eigenvalue weighted by Crippen LogP contribution is -2.51. The standard InChI is InChI=1S/C28H36FN3O3/c1-5-25(28(34)31-15-13-30(4)14-16-31)35-23-10-9-20-11-12-32(27(33)19(2)3)26(24(20)18-23)21-7-6-8-22(29)17-21/h6-10,17-19,25-26H,5,11-16H2,1-4H3. The fourth-order valence-corrected chi connectivity index (χ4v) is 4.97. The molecule has 0 bridgehead atoms. The summed E-state index contributed by atoms with van der Waals surface area (Å²) >= 11 is 0. The quantitative estimate of drug-likeness (QED) is 0.628. The van der Waals surface area contributed by atoms with E-state index in [1.54, 1.807) is 6.07 Å². The monoisotopic (exact) mass is 481 g/mol. The number of hydrogen-bond donors (Lipinski definition) is 0. The average Bonchev–Trinajstić information content (AvgIpc) is 2.86. The highest BCUT2D eigenvalue weighted by atomic mass is 19.1. The lowest BCUT2D eigenvalue weighted by molar-refractivity contribution is -0.140. The maximum Gasteiger partial charge on any atom is 0.263 e. The molecular weight excluding hydrogens is 445 g/mol. The first-order valence-corrected chi connectivity index (χ1v) is 12.6. The van der Waals surface area contributed by atoms with E-state index in [1.807, 2.05) is 54.8 Å². The molecular formula is C28H36FN3O3. The molecule has 0 spiro atoms. The predicted octanol–water partition coefficient (Wildman–Crippen LogP) is 3.89. The Morgan fingerprint density at radius 1 is 1.03 bits per heavy atom. The van der Waals surface area contributed by atoms with Crippen LogP contribution in [0.5, 0.6) is 5.75 Å². The second-order valence-electron chi connectivity index (χ2n) is 9.90. The number of nitrogens with zero attached hydrogens (tertiary/aromatic N) is 3. The number of halogens is 1. The molecule has 2 aliphatic heterocycles. The van der Waals surface area contributed by atoms with Gasteiger partial charge >= 0.3 is 0 Å². The van der Waals surface area contributed by atoms with Gasteiger partial charge in [-0.25, -0.2) is 4.39 Å². The summed E-state index contributed by atoms with van der Waals surface area (Å²) in [5.74, 6) is 0.142. The minimum atomic E-state index is -0.568. The molecule has 2 amide bonds. The van der Waals surface area contributed by atoms with E-state index >= 15 is 0 Å². The Bertz CT molecular complexity index is 1070. The van der Waals surface area contributed by atoms with Crippen molar-refractivity contribution in [1.82, 2.24) is 14.7 Å². The van der Waals surface area contributed by atoms with E-state index in [0.717, 1.165) is 36.2 Å². The number of carbonyl (C=O) groups excluding carboxylic acids is 2. The third-order valence-corrected chi connectivity index (χ3v) is 7.03. The van der Waals surface area contributed by atoms with E-state index in [1.165, 1.54) is 12.1 Å². The first-order valence-electron chi connectivity index (χ1n) is 12.6. The van der Waals surface area contributed by atoms with Crippen LogP contribution in [0, 0.1) is 11.7 Å². The molecule has 0 aromatic heterocycles. The number of fused-ring (bicyclic) bond motifs is 1. The van der Waals surface area contributed by atoms with Crippen LogP contribution in [0.1, 0.15) is 49.9 Å². The molecule has 1 saturated heterocycles. The fourth-order valence-electron chi connectivity index (χ4n) is 4.97. The van der Waals surface area contributed by atoms with Crippen molar-refractivity contribution in [3.63, 3.8) is 0 Å². The van der Waals surface area contributed by atoms with Crippen molar-refractivity contribution in [2.24, 2.45) is 5.92 Å². The van der Waals surface area contributed by atoms with Crippen LogP contribution in [0.15, 0.2) is 42.5 Å². The van der Waals surface area contributed by atoms with Crippen LogP contribution in [0.3, 0.4) is 0 Å². The van der Waals surface area contributed by atoms with Crippen molar-refractivity contribution in [2.45, 2.75) is 45.8 Å². The maximum atomic E-state index is 14.2. The van der Waals surface area contributed by atoms with Crippen molar-refractivity contribution in [2.75, 3.05) is 39.8 Å². The van der Waals surface area contributed by atoms with E-state index < -0.39 is 12.1 Å². The smallest absolute Gasteiger partial charge is 0.263 e. The van der Waals surface area contributed by atoms with Crippen LogP contribution >= 0.6 is 0 Å². The molecule has 2 aromatic carbocycles. The molecule has 1 fully saturated rings. The molecule has 2 aliphatic rings. The maximum absolute atomic E-state index is 14.2. The number of carbonyl (C=O) groups is 2. The van der Waals surface area contributed by atoms with Crippen LogP contribution in [0.2, 0.25) is 0 Å². The second kappa shape index (κ2) is 10.8. The van der Waals surface area contributed by atoms with Gasteiger partial charge in [0.15, 0.2) is 6.10 Å². The van der Waals surface area contributed by atoms with Crippen LogP contribution in [-0.2, 0) is 16.0 Å². The van der Waals surface area contributed by atoms with Crippen LogP contribution in [0.25, 0.3) is 0 Å². The molecule has 0 saturated carbocycles. The Morgan fingerprint density at radius 2 is 1.77 bits per heavy atom. The van der Waals surface area contributed by atoms with Gasteiger partial charge in [-0.1, -0.05) is 39.0 Å². The van der Waals surface area contributed by atoms with Gasteiger partial charge in [-0.15, -0.1) is 0 Å². The van der Waals surface area contributed by atoms with Gasteiger partial charge in [0.2, 0.25) is 5.91 Å². The van der Waals surface area contributed by atoms with Gasteiger partial charge in [0.05, 0.1) is 6.04 Å². The Hall–Kier alpha value is -2.93. The highest BCUT2D eigenvalue weighted by Gasteiger charge is 2.34. The van der Waals surface area contributed by atoms with Gasteiger partial charge in [0.25, 0.3) is 5.91 Å². The zero-order valence-corrected chi connectivity index (χ0v) is 21.2. The molecule has 2 atom stereocenters. The molecule has 2 heterocycles. The zero-order valence-electron chi connectivity index (χ0n) is 21.2. The van der Waals surface area contributed by atoms with Gasteiger partial charge in [0.1, 0.15) is 11.6 Å². The molecule has 0 radical (unpaired) electrons. The SMILES string of the molecule is CCC(Oc1ccc2c(c1)C(c1cccc(F)c1)N(C(=O)C(C)C)CC2)C(=O)N1CCN(C)CC1. The molecule has 4 rings (SSSR count). The number of amides is 2. The summed E-state index contributed by atoms with van der Waals surface area (Å²) < 4.78 is 20.4. The molecule has 6 nitrogen and oxygen atoms in total. The number of ether oxygens (including phenoxy) is 1. The molecule has 35 heavy (non-hydrogen) atoms. The van der Waals surface area contributed by atoms with E-state index in [4.69, 9.17) is 4.74 Å². The van der Waals surface area contributed by atoms with E-state index in [-0.39, 0.29) is 23.5 Å². The molecule has 2 unspecified atom stereocenters. The van der Waals surface area contributed by atoms with Gasteiger partial charge in [-0.2, -0.15) is 0 Å². The summed E-state index contributed by atoms with van der Waals surface area (Å²) in [6.45, 7) is 9.42. The average molecular weight is 482 g/mol. The topological polar surface area (TPSA) is 53.1 Å². The van der Waals surface area contributed by atoms with Crippen LogP contribution in [-0.4, -0.2) is 72.4 Å². The molecule has 0 N–H and O–H groups in total. The lowest BCUT2D eigenvalue weighted by Gasteiger charge is -2.39. The largest absolute Gasteiger partial charge is 0.481 e. The second-order valence-corrected chi connectivity index (χ2v) is 9.90. The predicted molar refractivity (Wildman–Crippen MR) is 134 cm³/mol. The summed E-state index contributed by atoms with van der Waals surface area (Å²) in [7, 11) is 2.06. The van der Waals surface area contributed by atoms with Crippen molar-refractivity contribution >= 4 is 11.8 Å². The minimum Gasteiger partial charge on any atom is -0.481 e. The summed E-state index contributed by atoms with van der Waals surface area (Å²) in [6.07, 6.45) is 0.714. The van der Waals surface area contributed by atoms with E-state index in [2.05, 4.69) is 11.9 Å². The van der Waals surface area contributed by atoms with Crippen LogP contribution < -0.4 is 4.74 Å². The Morgan fingerprint density at radius 3 is 2.43 bits per heavy atom. The Labute approximate surface area is 207 Å². The van der Waals surface area contributed by atoms with E-state index in [9.17, 15) is 14.0 Å². The van der Waals surface area contributed by atoms with Crippen molar-refractivity contribution < 1.29 is 18.7 Å². The van der Waals surface area contributed by atoms with Crippen molar-refractivity contribution in [3.05, 3.63) is 65.0 Å². The highest BCUT2D eigenvalue weighted by Crippen LogP contribution is 2.38. The third-order valence-electron chi connectivity index (χ3n) is 7.03. The van der Waals surface area contributed by atoms with Gasteiger partial charge < -0.3 is 19.4 Å². The normalized spacial score (nSPS) is 19.4. The molecule has 0 aliphatic carbocycles. The minimum absolute atomic E-state index is 0.0108. The van der Waals surface area contributed by atoms with Gasteiger partial charge in [-0.05, 0) is 60.8 Å². The van der Waals surface area contributed by atoms with E-state index in [0.29, 0.717) is 31.8 Å². The lowest BCUT2D eigenvalue weighted by atomic mass is 9.87. The zero-order chi connectivity index (χ0) is 25.1. The number of rotatable bonds is 6. The summed E-state index contributed by atoms with van der Waals surface area (Å²) in [5, 5.41) is 0. The number of piperazine rings is 1. The number of benzene rings is 2. The first-order chi connectivity index (χ1) is 16.8. The fraction of sp³-hybridized carbons (Fsp3) is 0.500. The molecule has 2 aromatic rings. The summed E-state index contributed by atoms with van der Waals surface area (Å²) in [6, 6.07) is 11.9. The summed E-state index contributed by atoms with van der Waals surface area (Å²) in [5.41, 5.74) is 2.77. The number of hydrogen-bond acceptors (Lipinski definition) is 4. The van der Waals surface area contributed by atoms with Crippen molar-refractivity contribution in [1.29, 1.82) is 0 Å². The highest BCUT2D eigenvalue weighted by molar-refractivity contribution is 5.81. The van der Waals surface area contributed by atoms with Crippen LogP contribution in [0.4, 0.5) is 4.39 Å². The number of likely N-dealkylation sites (N-methyl/N-ethyl adjacent to an activating group) is 1. The molecule has 7 heteroatoms. The molecule has 188 valence electrons. The van der Waals surface area contributed by atoms with Crippen molar-refractivity contribution in [3.8, 4) is 5.75 Å². The third kappa shape index (κ3) is 5.50. The Balaban J connectivity index is 1.64. The van der Waals surface area contributed by atoms with Gasteiger partial charge in [-0.3, -0.25) is 9.59 Å². The Kier molecular flexibility index (Phi) is 7.75. The first kappa shape index (κ1) is 25.2. The van der Waals surface area contributed by atoms with Gasteiger partial charge in [0, 0.05) is 38.6 Å².